The van der Waals surface area contributed by atoms with Gasteiger partial charge in [0.1, 0.15) is 5.69 Å². The minimum atomic E-state index is -0.109. The fraction of sp³-hybridized carbons (Fsp3) is 0.0909. The van der Waals surface area contributed by atoms with Gasteiger partial charge in [0.25, 0.3) is 0 Å². The van der Waals surface area contributed by atoms with E-state index in [4.69, 9.17) is 16.1 Å². The molecule has 2 aromatic carbocycles. The predicted octanol–water partition coefficient (Wildman–Crippen LogP) is 5.02. The Labute approximate surface area is 178 Å². The van der Waals surface area contributed by atoms with E-state index in [1.165, 1.54) is 6.92 Å². The summed E-state index contributed by atoms with van der Waals surface area (Å²) < 4.78 is 5.39. The van der Waals surface area contributed by atoms with Crippen LogP contribution in [-0.4, -0.2) is 21.0 Å². The molecule has 0 unspecified atom stereocenters. The van der Waals surface area contributed by atoms with Gasteiger partial charge in [-0.2, -0.15) is 0 Å². The van der Waals surface area contributed by atoms with E-state index in [0.717, 1.165) is 22.5 Å². The monoisotopic (exact) mass is 419 g/mol. The van der Waals surface area contributed by atoms with Gasteiger partial charge in [-0.05, 0) is 30.3 Å². The maximum absolute atomic E-state index is 11.1. The van der Waals surface area contributed by atoms with E-state index in [1.54, 1.807) is 6.20 Å². The van der Waals surface area contributed by atoms with Crippen molar-refractivity contribution in [3.63, 3.8) is 0 Å². The van der Waals surface area contributed by atoms with Crippen LogP contribution in [0.4, 0.5) is 11.6 Å². The van der Waals surface area contributed by atoms with Crippen LogP contribution in [0.5, 0.6) is 0 Å². The highest BCUT2D eigenvalue weighted by atomic mass is 35.5. The van der Waals surface area contributed by atoms with Gasteiger partial charge >= 0.3 is 0 Å². The van der Waals surface area contributed by atoms with Crippen molar-refractivity contribution in [2.24, 2.45) is 0 Å². The smallest absolute Gasteiger partial charge is 0.223 e. The lowest BCUT2D eigenvalue weighted by molar-refractivity contribution is -0.114. The number of carbonyl (C=O) groups excluding carboxylic acids is 1. The van der Waals surface area contributed by atoms with Gasteiger partial charge in [0.05, 0.1) is 12.2 Å². The van der Waals surface area contributed by atoms with Crippen molar-refractivity contribution in [1.29, 1.82) is 0 Å². The van der Waals surface area contributed by atoms with Crippen LogP contribution < -0.4 is 10.6 Å². The van der Waals surface area contributed by atoms with Gasteiger partial charge in [0, 0.05) is 41.0 Å². The second-order valence-electron chi connectivity index (χ2n) is 6.57. The summed E-state index contributed by atoms with van der Waals surface area (Å²) in [6.45, 7) is 1.86. The van der Waals surface area contributed by atoms with Crippen LogP contribution in [0.15, 0.2) is 71.4 Å². The molecule has 2 N–H and O–H groups in total. The number of nitrogens with one attached hydrogen (secondary N) is 2. The van der Waals surface area contributed by atoms with Crippen LogP contribution in [-0.2, 0) is 11.3 Å². The molecule has 0 aliphatic heterocycles. The number of rotatable bonds is 6. The fourth-order valence-corrected chi connectivity index (χ4v) is 3.07. The van der Waals surface area contributed by atoms with Crippen molar-refractivity contribution in [3.8, 4) is 22.5 Å². The van der Waals surface area contributed by atoms with Crippen molar-refractivity contribution in [2.45, 2.75) is 13.5 Å². The molecule has 0 spiro atoms. The molecular formula is C22H18ClN5O2. The molecule has 2 heterocycles. The molecule has 0 atom stereocenters. The fourth-order valence-electron chi connectivity index (χ4n) is 2.88. The van der Waals surface area contributed by atoms with E-state index in [2.05, 4.69) is 25.8 Å². The van der Waals surface area contributed by atoms with Crippen LogP contribution in [0.25, 0.3) is 22.5 Å². The average Bonchev–Trinajstić information content (AvgIpc) is 3.22. The van der Waals surface area contributed by atoms with Crippen LogP contribution in [0.2, 0.25) is 5.02 Å². The van der Waals surface area contributed by atoms with Crippen LogP contribution in [0, 0.1) is 0 Å². The number of carbonyl (C=O) groups is 1. The molecule has 0 saturated carbocycles. The standard InChI is InChI=1S/C22H18ClN5O2/c1-14(29)26-18-7-5-15(6-8-18)20-9-10-24-22(27-20)25-13-19-12-21(28-30-19)16-3-2-4-17(23)11-16/h2-12H,13H2,1H3,(H,26,29)(H,24,25,27). The molecule has 4 aromatic rings. The highest BCUT2D eigenvalue weighted by Gasteiger charge is 2.08. The Bertz CT molecular complexity index is 1170. The highest BCUT2D eigenvalue weighted by molar-refractivity contribution is 6.30. The topological polar surface area (TPSA) is 92.9 Å². The molecule has 0 bridgehead atoms. The highest BCUT2D eigenvalue weighted by Crippen LogP contribution is 2.23. The second-order valence-corrected chi connectivity index (χ2v) is 7.00. The Morgan fingerprint density at radius 2 is 1.87 bits per heavy atom. The third kappa shape index (κ3) is 4.82. The molecule has 150 valence electrons. The van der Waals surface area contributed by atoms with Crippen molar-refractivity contribution >= 4 is 29.1 Å². The summed E-state index contributed by atoms with van der Waals surface area (Å²) in [4.78, 5) is 19.9. The number of amides is 1. The lowest BCUT2D eigenvalue weighted by Gasteiger charge is -2.06. The first-order chi connectivity index (χ1) is 14.6. The summed E-state index contributed by atoms with van der Waals surface area (Å²) in [7, 11) is 0. The molecule has 0 aliphatic rings. The van der Waals surface area contributed by atoms with Crippen molar-refractivity contribution in [2.75, 3.05) is 10.6 Å². The lowest BCUT2D eigenvalue weighted by Crippen LogP contribution is -2.05. The Morgan fingerprint density at radius 1 is 1.03 bits per heavy atom. The molecule has 30 heavy (non-hydrogen) atoms. The molecule has 0 radical (unpaired) electrons. The Kier molecular flexibility index (Phi) is 5.72. The average molecular weight is 420 g/mol. The van der Waals surface area contributed by atoms with E-state index in [0.29, 0.717) is 29.0 Å². The summed E-state index contributed by atoms with van der Waals surface area (Å²) in [5, 5.41) is 10.6. The Hall–Kier alpha value is -3.71. The lowest BCUT2D eigenvalue weighted by atomic mass is 10.1. The first kappa shape index (κ1) is 19.6. The molecule has 8 heteroatoms. The maximum Gasteiger partial charge on any atom is 0.223 e. The number of aromatic nitrogens is 3. The SMILES string of the molecule is CC(=O)Nc1ccc(-c2ccnc(NCc3cc(-c4cccc(Cl)c4)no3)n2)cc1. The van der Waals surface area contributed by atoms with Gasteiger partial charge in [0.15, 0.2) is 5.76 Å². The molecule has 0 saturated heterocycles. The van der Waals surface area contributed by atoms with E-state index in [1.807, 2.05) is 60.7 Å². The summed E-state index contributed by atoms with van der Waals surface area (Å²) >= 11 is 6.03. The molecule has 2 aromatic heterocycles. The summed E-state index contributed by atoms with van der Waals surface area (Å²) in [6.07, 6.45) is 1.68. The Morgan fingerprint density at radius 3 is 2.63 bits per heavy atom. The number of hydrogen-bond donors (Lipinski definition) is 2. The van der Waals surface area contributed by atoms with E-state index in [9.17, 15) is 4.79 Å². The minimum absolute atomic E-state index is 0.109. The van der Waals surface area contributed by atoms with Crippen LogP contribution in [0.3, 0.4) is 0 Å². The first-order valence-electron chi connectivity index (χ1n) is 9.23. The predicted molar refractivity (Wildman–Crippen MR) is 116 cm³/mol. The molecule has 0 aliphatic carbocycles. The number of nitrogens with zero attached hydrogens (tertiary/aromatic N) is 3. The molecular weight excluding hydrogens is 402 g/mol. The summed E-state index contributed by atoms with van der Waals surface area (Å²) in [6, 6.07) is 18.6. The summed E-state index contributed by atoms with van der Waals surface area (Å²) in [5.41, 5.74) is 4.01. The third-order valence-electron chi connectivity index (χ3n) is 4.26. The number of anilines is 2. The quantitative estimate of drug-likeness (QED) is 0.455. The molecule has 4 rings (SSSR count). The van der Waals surface area contributed by atoms with Gasteiger partial charge in [-0.3, -0.25) is 4.79 Å². The van der Waals surface area contributed by atoms with Gasteiger partial charge in [-0.25, -0.2) is 9.97 Å². The van der Waals surface area contributed by atoms with Crippen LogP contribution in [0.1, 0.15) is 12.7 Å². The largest absolute Gasteiger partial charge is 0.359 e. The maximum atomic E-state index is 11.1. The summed E-state index contributed by atoms with van der Waals surface area (Å²) in [5.74, 6) is 1.01. The van der Waals surface area contributed by atoms with Crippen molar-refractivity contribution < 1.29 is 9.32 Å². The number of halogens is 1. The number of hydrogen-bond acceptors (Lipinski definition) is 6. The van der Waals surface area contributed by atoms with Gasteiger partial charge in [-0.15, -0.1) is 0 Å². The first-order valence-corrected chi connectivity index (χ1v) is 9.61. The van der Waals surface area contributed by atoms with Crippen molar-refractivity contribution in [3.05, 3.63) is 77.6 Å². The van der Waals surface area contributed by atoms with E-state index >= 15 is 0 Å². The zero-order valence-electron chi connectivity index (χ0n) is 16.1. The zero-order chi connectivity index (χ0) is 20.9. The molecule has 0 fully saturated rings. The molecule has 7 nitrogen and oxygen atoms in total. The Balaban J connectivity index is 1.43. The normalized spacial score (nSPS) is 10.6. The third-order valence-corrected chi connectivity index (χ3v) is 4.49. The van der Waals surface area contributed by atoms with Gasteiger partial charge in [0.2, 0.25) is 11.9 Å². The second kappa shape index (κ2) is 8.75. The molecule has 1 amide bonds. The van der Waals surface area contributed by atoms with Gasteiger partial charge < -0.3 is 15.2 Å². The minimum Gasteiger partial charge on any atom is -0.359 e. The van der Waals surface area contributed by atoms with Crippen molar-refractivity contribution in [1.82, 2.24) is 15.1 Å². The number of benzene rings is 2. The van der Waals surface area contributed by atoms with E-state index in [-0.39, 0.29) is 5.91 Å². The van der Waals surface area contributed by atoms with Gasteiger partial charge in [-0.1, -0.05) is 41.0 Å². The van der Waals surface area contributed by atoms with E-state index < -0.39 is 0 Å². The zero-order valence-corrected chi connectivity index (χ0v) is 16.8. The van der Waals surface area contributed by atoms with Crippen LogP contribution >= 0.6 is 11.6 Å².